The highest BCUT2D eigenvalue weighted by Crippen LogP contribution is 2.13. The molecule has 0 aromatic heterocycles. The van der Waals surface area contributed by atoms with Crippen LogP contribution < -0.4 is 0 Å². The highest BCUT2D eigenvalue weighted by atomic mass is 32.2. The lowest BCUT2D eigenvalue weighted by Gasteiger charge is -2.34. The van der Waals surface area contributed by atoms with E-state index in [0.29, 0.717) is 26.2 Å². The third-order valence-corrected chi connectivity index (χ3v) is 6.34. The minimum Gasteiger partial charge on any atom is -0.348 e. The third kappa shape index (κ3) is 6.30. The topological polar surface area (TPSA) is 81.2 Å². The predicted octanol–water partition coefficient (Wildman–Crippen LogP) is -0.319. The van der Waals surface area contributed by atoms with Crippen molar-refractivity contribution in [1.82, 2.24) is 19.0 Å². The first-order valence-electron chi connectivity index (χ1n) is 8.87. The average Bonchev–Trinajstić information content (AvgIpc) is 2.62. The van der Waals surface area contributed by atoms with Crippen molar-refractivity contribution in [2.45, 2.75) is 5.75 Å². The fraction of sp³-hybridized carbons (Fsp3) is 0.556. The molecular formula is C18H28N4O4S. The van der Waals surface area contributed by atoms with E-state index >= 15 is 0 Å². The van der Waals surface area contributed by atoms with Crippen LogP contribution in [0.1, 0.15) is 5.56 Å². The van der Waals surface area contributed by atoms with E-state index < -0.39 is 10.0 Å². The number of carbonyl (C=O) groups excluding carboxylic acids is 2. The Labute approximate surface area is 161 Å². The maximum absolute atomic E-state index is 12.6. The largest absolute Gasteiger partial charge is 0.348 e. The summed E-state index contributed by atoms with van der Waals surface area (Å²) in [5.74, 6) is -0.191. The zero-order valence-electron chi connectivity index (χ0n) is 16.2. The summed E-state index contributed by atoms with van der Waals surface area (Å²) in [6.07, 6.45) is 0. The summed E-state index contributed by atoms with van der Waals surface area (Å²) in [6, 6.07) is 9.08. The number of sulfonamides is 1. The molecule has 0 atom stereocenters. The van der Waals surface area contributed by atoms with Crippen molar-refractivity contribution in [1.29, 1.82) is 0 Å². The Morgan fingerprint density at radius 2 is 1.56 bits per heavy atom. The molecule has 2 amide bonds. The average molecular weight is 397 g/mol. The molecule has 1 saturated heterocycles. The molecule has 0 saturated carbocycles. The van der Waals surface area contributed by atoms with Crippen LogP contribution in [-0.4, -0.2) is 99.6 Å². The molecule has 1 aliphatic rings. The fourth-order valence-corrected chi connectivity index (χ4v) is 4.37. The maximum Gasteiger partial charge on any atom is 0.236 e. The third-order valence-electron chi connectivity index (χ3n) is 4.49. The highest BCUT2D eigenvalue weighted by Gasteiger charge is 2.29. The van der Waals surface area contributed by atoms with Crippen LogP contribution in [0.2, 0.25) is 0 Å². The van der Waals surface area contributed by atoms with Crippen LogP contribution in [0.5, 0.6) is 0 Å². The Bertz CT molecular complexity index is 744. The Kier molecular flexibility index (Phi) is 7.34. The molecule has 1 heterocycles. The Balaban J connectivity index is 1.83. The van der Waals surface area contributed by atoms with Crippen LogP contribution in [0.3, 0.4) is 0 Å². The van der Waals surface area contributed by atoms with Gasteiger partial charge in [-0.25, -0.2) is 8.42 Å². The SMILES string of the molecule is CN(CC(=O)N(C)C)CC(=O)N1CCN(S(=O)(=O)Cc2ccccc2)CC1. The van der Waals surface area contributed by atoms with E-state index in [-0.39, 0.29) is 30.7 Å². The van der Waals surface area contributed by atoms with Crippen molar-refractivity contribution in [2.24, 2.45) is 0 Å². The van der Waals surface area contributed by atoms with Crippen LogP contribution in [0.15, 0.2) is 30.3 Å². The van der Waals surface area contributed by atoms with Crippen molar-refractivity contribution >= 4 is 21.8 Å². The van der Waals surface area contributed by atoms with Gasteiger partial charge in [-0.1, -0.05) is 30.3 Å². The molecule has 1 aromatic carbocycles. The number of hydrogen-bond donors (Lipinski definition) is 0. The molecular weight excluding hydrogens is 368 g/mol. The number of piperazine rings is 1. The standard InChI is InChI=1S/C18H28N4O4S/c1-19(2)17(23)13-20(3)14-18(24)21-9-11-22(12-10-21)27(25,26)15-16-7-5-4-6-8-16/h4-8H,9-15H2,1-3H3. The lowest BCUT2D eigenvalue weighted by molar-refractivity contribution is -0.135. The molecule has 0 aliphatic carbocycles. The Morgan fingerprint density at radius 1 is 0.963 bits per heavy atom. The molecule has 0 spiro atoms. The van der Waals surface area contributed by atoms with Crippen LogP contribution in [0, 0.1) is 0 Å². The van der Waals surface area contributed by atoms with Gasteiger partial charge in [-0.3, -0.25) is 14.5 Å². The normalized spacial score (nSPS) is 15.8. The Morgan fingerprint density at radius 3 is 2.11 bits per heavy atom. The van der Waals surface area contributed by atoms with Crippen molar-refractivity contribution in [3.05, 3.63) is 35.9 Å². The number of amides is 2. The minimum atomic E-state index is -3.40. The van der Waals surface area contributed by atoms with E-state index in [4.69, 9.17) is 0 Å². The van der Waals surface area contributed by atoms with Gasteiger partial charge < -0.3 is 9.80 Å². The number of carbonyl (C=O) groups is 2. The van der Waals surface area contributed by atoms with Gasteiger partial charge in [-0.2, -0.15) is 4.31 Å². The molecule has 0 N–H and O–H groups in total. The first kappa shape index (κ1) is 21.3. The van der Waals surface area contributed by atoms with E-state index in [1.807, 2.05) is 18.2 Å². The number of nitrogens with zero attached hydrogens (tertiary/aromatic N) is 4. The quantitative estimate of drug-likeness (QED) is 0.631. The molecule has 2 rings (SSSR count). The molecule has 8 nitrogen and oxygen atoms in total. The smallest absolute Gasteiger partial charge is 0.236 e. The lowest BCUT2D eigenvalue weighted by Crippen LogP contribution is -2.52. The Hall–Kier alpha value is -1.97. The fourth-order valence-electron chi connectivity index (χ4n) is 2.85. The molecule has 0 radical (unpaired) electrons. The molecule has 9 heteroatoms. The van der Waals surface area contributed by atoms with Gasteiger partial charge in [0.25, 0.3) is 0 Å². The number of hydrogen-bond acceptors (Lipinski definition) is 5. The van der Waals surface area contributed by atoms with Gasteiger partial charge in [0, 0.05) is 40.3 Å². The van der Waals surface area contributed by atoms with Gasteiger partial charge in [-0.15, -0.1) is 0 Å². The summed E-state index contributed by atoms with van der Waals surface area (Å²) in [5, 5.41) is 0. The van der Waals surface area contributed by atoms with E-state index in [9.17, 15) is 18.0 Å². The number of rotatable bonds is 7. The van der Waals surface area contributed by atoms with Gasteiger partial charge in [-0.05, 0) is 12.6 Å². The summed E-state index contributed by atoms with van der Waals surface area (Å²) >= 11 is 0. The van der Waals surface area contributed by atoms with Gasteiger partial charge in [0.2, 0.25) is 21.8 Å². The van der Waals surface area contributed by atoms with E-state index in [1.165, 1.54) is 9.21 Å². The van der Waals surface area contributed by atoms with Crippen LogP contribution in [0.4, 0.5) is 0 Å². The zero-order chi connectivity index (χ0) is 20.0. The minimum absolute atomic E-state index is 0.0306. The van der Waals surface area contributed by atoms with E-state index in [1.54, 1.807) is 43.1 Å². The zero-order valence-corrected chi connectivity index (χ0v) is 17.0. The molecule has 0 unspecified atom stereocenters. The van der Waals surface area contributed by atoms with E-state index in [2.05, 4.69) is 0 Å². The van der Waals surface area contributed by atoms with Crippen molar-refractivity contribution in [2.75, 3.05) is 60.4 Å². The number of benzene rings is 1. The first-order chi connectivity index (χ1) is 12.7. The second-order valence-electron chi connectivity index (χ2n) is 6.98. The number of likely N-dealkylation sites (N-methyl/N-ethyl adjacent to an activating group) is 2. The summed E-state index contributed by atoms with van der Waals surface area (Å²) in [7, 11) is 1.67. The first-order valence-corrected chi connectivity index (χ1v) is 10.5. The summed E-state index contributed by atoms with van der Waals surface area (Å²) in [6.45, 7) is 1.62. The maximum atomic E-state index is 12.6. The van der Waals surface area contributed by atoms with Gasteiger partial charge in [0.05, 0.1) is 18.8 Å². The summed E-state index contributed by atoms with van der Waals surface area (Å²) in [5.41, 5.74) is 0.753. The highest BCUT2D eigenvalue weighted by molar-refractivity contribution is 7.88. The van der Waals surface area contributed by atoms with Crippen LogP contribution >= 0.6 is 0 Å². The van der Waals surface area contributed by atoms with Gasteiger partial charge >= 0.3 is 0 Å². The monoisotopic (exact) mass is 396 g/mol. The van der Waals surface area contributed by atoms with Crippen LogP contribution in [-0.2, 0) is 25.4 Å². The van der Waals surface area contributed by atoms with Crippen LogP contribution in [0.25, 0.3) is 0 Å². The van der Waals surface area contributed by atoms with Gasteiger partial charge in [0.15, 0.2) is 0 Å². The molecule has 1 aromatic rings. The lowest BCUT2D eigenvalue weighted by atomic mass is 10.2. The van der Waals surface area contributed by atoms with Crippen molar-refractivity contribution < 1.29 is 18.0 Å². The van der Waals surface area contributed by atoms with Crippen molar-refractivity contribution in [3.63, 3.8) is 0 Å². The molecule has 150 valence electrons. The molecule has 0 bridgehead atoms. The van der Waals surface area contributed by atoms with E-state index in [0.717, 1.165) is 5.56 Å². The predicted molar refractivity (Wildman–Crippen MR) is 103 cm³/mol. The molecule has 1 aliphatic heterocycles. The second kappa shape index (κ2) is 9.29. The second-order valence-corrected chi connectivity index (χ2v) is 8.95. The molecule has 27 heavy (non-hydrogen) atoms. The van der Waals surface area contributed by atoms with Crippen molar-refractivity contribution in [3.8, 4) is 0 Å². The summed E-state index contributed by atoms with van der Waals surface area (Å²) in [4.78, 5) is 28.9. The summed E-state index contributed by atoms with van der Waals surface area (Å²) < 4.78 is 26.6. The molecule has 1 fully saturated rings. The van der Waals surface area contributed by atoms with Gasteiger partial charge in [0.1, 0.15) is 0 Å².